The number of aromatic carboxylic acids is 1. The van der Waals surface area contributed by atoms with Gasteiger partial charge in [0.2, 0.25) is 0 Å². The zero-order valence-electron chi connectivity index (χ0n) is 7.99. The lowest BCUT2D eigenvalue weighted by Gasteiger charge is -2.05. The molecule has 0 fully saturated rings. The van der Waals surface area contributed by atoms with Crippen LogP contribution in [0.3, 0.4) is 0 Å². The number of hydrogen-bond donors (Lipinski definition) is 1. The standard InChI is InChI=1S/C9H8F3NO2S/c10-9(11,12)2-4-16-7-5-6(8(14)15)1-3-13-7/h1,3,5H,2,4H2,(H,14,15). The summed E-state index contributed by atoms with van der Waals surface area (Å²) in [5.41, 5.74) is 0.0181. The van der Waals surface area contributed by atoms with Gasteiger partial charge in [0.05, 0.1) is 17.0 Å². The van der Waals surface area contributed by atoms with Gasteiger partial charge >= 0.3 is 12.1 Å². The van der Waals surface area contributed by atoms with Crippen molar-refractivity contribution in [3.05, 3.63) is 23.9 Å². The van der Waals surface area contributed by atoms with Crippen LogP contribution in [0.1, 0.15) is 16.8 Å². The number of carboxylic acids is 1. The lowest BCUT2D eigenvalue weighted by Crippen LogP contribution is -2.08. The van der Waals surface area contributed by atoms with E-state index in [9.17, 15) is 18.0 Å². The largest absolute Gasteiger partial charge is 0.478 e. The molecule has 1 aromatic heterocycles. The predicted octanol–water partition coefficient (Wildman–Crippen LogP) is 2.82. The average Bonchev–Trinajstić information content (AvgIpc) is 2.16. The Morgan fingerprint density at radius 1 is 1.50 bits per heavy atom. The number of alkyl halides is 3. The van der Waals surface area contributed by atoms with Crippen molar-refractivity contribution in [1.82, 2.24) is 4.98 Å². The summed E-state index contributed by atoms with van der Waals surface area (Å²) in [6, 6.07) is 2.54. The van der Waals surface area contributed by atoms with Gasteiger partial charge in [-0.1, -0.05) is 0 Å². The highest BCUT2D eigenvalue weighted by atomic mass is 32.2. The van der Waals surface area contributed by atoms with E-state index < -0.39 is 18.6 Å². The van der Waals surface area contributed by atoms with Gasteiger partial charge in [0.15, 0.2) is 0 Å². The Hall–Kier alpha value is -1.24. The van der Waals surface area contributed by atoms with Crippen molar-refractivity contribution < 1.29 is 23.1 Å². The van der Waals surface area contributed by atoms with Gasteiger partial charge in [-0.15, -0.1) is 11.8 Å². The second-order valence-electron chi connectivity index (χ2n) is 2.90. The molecule has 88 valence electrons. The Kier molecular flexibility index (Phi) is 4.17. The van der Waals surface area contributed by atoms with Crippen LogP contribution >= 0.6 is 11.8 Å². The molecule has 0 aliphatic heterocycles. The number of pyridine rings is 1. The van der Waals surface area contributed by atoms with Crippen LogP contribution in [0.2, 0.25) is 0 Å². The Morgan fingerprint density at radius 3 is 2.75 bits per heavy atom. The highest BCUT2D eigenvalue weighted by molar-refractivity contribution is 7.99. The van der Waals surface area contributed by atoms with E-state index in [1.54, 1.807) is 0 Å². The Bertz CT molecular complexity index is 381. The van der Waals surface area contributed by atoms with Crippen LogP contribution in [0.4, 0.5) is 13.2 Å². The van der Waals surface area contributed by atoms with Crippen LogP contribution in [0.25, 0.3) is 0 Å². The number of carbonyl (C=O) groups is 1. The highest BCUT2D eigenvalue weighted by Crippen LogP contribution is 2.25. The summed E-state index contributed by atoms with van der Waals surface area (Å²) < 4.78 is 35.5. The first-order valence-corrected chi connectivity index (χ1v) is 5.26. The fraction of sp³-hybridized carbons (Fsp3) is 0.333. The zero-order chi connectivity index (χ0) is 12.2. The molecule has 0 spiro atoms. The third-order valence-corrected chi connectivity index (χ3v) is 2.54. The fourth-order valence-electron chi connectivity index (χ4n) is 0.893. The minimum Gasteiger partial charge on any atom is -0.478 e. The van der Waals surface area contributed by atoms with E-state index in [0.29, 0.717) is 0 Å². The number of thioether (sulfide) groups is 1. The van der Waals surface area contributed by atoms with Gasteiger partial charge in [-0.3, -0.25) is 0 Å². The molecule has 16 heavy (non-hydrogen) atoms. The number of nitrogens with zero attached hydrogens (tertiary/aromatic N) is 1. The molecule has 1 rings (SSSR count). The Labute approximate surface area is 93.7 Å². The Balaban J connectivity index is 2.55. The van der Waals surface area contributed by atoms with Crippen molar-refractivity contribution >= 4 is 17.7 Å². The maximum absolute atomic E-state index is 11.8. The van der Waals surface area contributed by atoms with Crippen molar-refractivity contribution in [2.75, 3.05) is 5.75 Å². The maximum atomic E-state index is 11.8. The summed E-state index contributed by atoms with van der Waals surface area (Å²) in [5.74, 6) is -1.29. The Morgan fingerprint density at radius 2 is 2.19 bits per heavy atom. The number of aromatic nitrogens is 1. The normalized spacial score (nSPS) is 11.4. The topological polar surface area (TPSA) is 50.2 Å². The molecular formula is C9H8F3NO2S. The minimum absolute atomic E-state index is 0.0181. The van der Waals surface area contributed by atoms with Crippen LogP contribution in [0, 0.1) is 0 Å². The van der Waals surface area contributed by atoms with Crippen molar-refractivity contribution in [2.24, 2.45) is 0 Å². The second-order valence-corrected chi connectivity index (χ2v) is 4.02. The van der Waals surface area contributed by atoms with Gasteiger partial charge in [0, 0.05) is 11.9 Å². The number of carboxylic acid groups (broad SMARTS) is 1. The molecule has 1 heterocycles. The molecule has 0 aliphatic rings. The fourth-order valence-corrected chi connectivity index (χ4v) is 1.78. The van der Waals surface area contributed by atoms with E-state index in [1.165, 1.54) is 18.3 Å². The van der Waals surface area contributed by atoms with E-state index in [0.717, 1.165) is 11.8 Å². The molecule has 1 aromatic rings. The van der Waals surface area contributed by atoms with Gasteiger partial charge in [0.25, 0.3) is 0 Å². The predicted molar refractivity (Wildman–Crippen MR) is 52.6 cm³/mol. The molecule has 0 amide bonds. The first-order valence-electron chi connectivity index (χ1n) is 4.27. The third-order valence-electron chi connectivity index (χ3n) is 1.62. The van der Waals surface area contributed by atoms with Crippen LogP contribution in [0.15, 0.2) is 23.4 Å². The first-order chi connectivity index (χ1) is 7.38. The number of hydrogen-bond acceptors (Lipinski definition) is 3. The third kappa shape index (κ3) is 4.52. The van der Waals surface area contributed by atoms with Crippen molar-refractivity contribution in [3.8, 4) is 0 Å². The van der Waals surface area contributed by atoms with Gasteiger partial charge < -0.3 is 5.11 Å². The summed E-state index contributed by atoms with van der Waals surface area (Å²) in [6.07, 6.45) is -3.85. The number of rotatable bonds is 4. The molecule has 3 nitrogen and oxygen atoms in total. The lowest BCUT2D eigenvalue weighted by molar-refractivity contribution is -0.129. The summed E-state index contributed by atoms with van der Waals surface area (Å²) in [4.78, 5) is 14.3. The smallest absolute Gasteiger partial charge is 0.389 e. The van der Waals surface area contributed by atoms with E-state index in [4.69, 9.17) is 5.11 Å². The molecule has 1 N–H and O–H groups in total. The van der Waals surface area contributed by atoms with E-state index in [2.05, 4.69) is 4.98 Å². The SMILES string of the molecule is O=C(O)c1ccnc(SCCC(F)(F)F)c1. The monoisotopic (exact) mass is 251 g/mol. The summed E-state index contributed by atoms with van der Waals surface area (Å²) in [7, 11) is 0. The highest BCUT2D eigenvalue weighted by Gasteiger charge is 2.26. The molecule has 0 saturated carbocycles. The minimum atomic E-state index is -4.20. The summed E-state index contributed by atoms with van der Waals surface area (Å²) >= 11 is 0.884. The van der Waals surface area contributed by atoms with Crippen molar-refractivity contribution in [3.63, 3.8) is 0 Å². The molecule has 0 saturated heterocycles. The maximum Gasteiger partial charge on any atom is 0.389 e. The van der Waals surface area contributed by atoms with Crippen molar-refractivity contribution in [2.45, 2.75) is 17.6 Å². The molecule has 7 heteroatoms. The lowest BCUT2D eigenvalue weighted by atomic mass is 10.3. The van der Waals surface area contributed by atoms with Crippen LogP contribution in [0.5, 0.6) is 0 Å². The van der Waals surface area contributed by atoms with Crippen LogP contribution in [-0.2, 0) is 0 Å². The van der Waals surface area contributed by atoms with Gasteiger partial charge in [-0.05, 0) is 12.1 Å². The quantitative estimate of drug-likeness (QED) is 0.836. The van der Waals surface area contributed by atoms with Gasteiger partial charge in [-0.2, -0.15) is 13.2 Å². The molecule has 0 bridgehead atoms. The van der Waals surface area contributed by atoms with Crippen LogP contribution in [-0.4, -0.2) is 28.0 Å². The molecule has 0 aliphatic carbocycles. The summed E-state index contributed by atoms with van der Waals surface area (Å²) in [5, 5.41) is 8.93. The second kappa shape index (κ2) is 5.20. The molecule has 0 unspecified atom stereocenters. The summed E-state index contributed by atoms with van der Waals surface area (Å²) in [6.45, 7) is 0. The van der Waals surface area contributed by atoms with E-state index in [-0.39, 0.29) is 16.3 Å². The van der Waals surface area contributed by atoms with E-state index in [1.807, 2.05) is 0 Å². The average molecular weight is 251 g/mol. The van der Waals surface area contributed by atoms with E-state index >= 15 is 0 Å². The van der Waals surface area contributed by atoms with Gasteiger partial charge in [-0.25, -0.2) is 9.78 Å². The van der Waals surface area contributed by atoms with Gasteiger partial charge in [0.1, 0.15) is 0 Å². The number of halogens is 3. The first kappa shape index (κ1) is 12.8. The van der Waals surface area contributed by atoms with Crippen LogP contribution < -0.4 is 0 Å². The van der Waals surface area contributed by atoms with Crippen molar-refractivity contribution in [1.29, 1.82) is 0 Å². The molecule has 0 atom stereocenters. The molecule has 0 radical (unpaired) electrons. The molecular weight excluding hydrogens is 243 g/mol. The molecule has 0 aromatic carbocycles. The zero-order valence-corrected chi connectivity index (χ0v) is 8.81.